The van der Waals surface area contributed by atoms with Crippen molar-refractivity contribution >= 4 is 17.8 Å². The molecule has 1 heterocycles. The van der Waals surface area contributed by atoms with Crippen LogP contribution in [0.15, 0.2) is 12.2 Å². The number of barbiturate groups is 1. The first-order valence-electron chi connectivity index (χ1n) is 4.73. The molecule has 4 amide bonds. The van der Waals surface area contributed by atoms with Gasteiger partial charge in [0.25, 0.3) is 0 Å². The van der Waals surface area contributed by atoms with Crippen LogP contribution in [-0.2, 0) is 9.59 Å². The summed E-state index contributed by atoms with van der Waals surface area (Å²) in [4.78, 5) is 34.2. The van der Waals surface area contributed by atoms with E-state index < -0.39 is 23.3 Å². The summed E-state index contributed by atoms with van der Waals surface area (Å²) in [6.07, 6.45) is 0.596. The lowest BCUT2D eigenvalue weighted by Crippen LogP contribution is -2.62. The summed E-state index contributed by atoms with van der Waals surface area (Å²) in [7, 11) is 0. The van der Waals surface area contributed by atoms with Gasteiger partial charge >= 0.3 is 6.03 Å². The molecule has 2 N–H and O–H groups in total. The van der Waals surface area contributed by atoms with Crippen LogP contribution in [0.1, 0.15) is 26.7 Å². The highest BCUT2D eigenvalue weighted by molar-refractivity contribution is 6.19. The molecule has 1 aliphatic heterocycles. The Bertz CT molecular complexity index is 327. The third-order valence-electron chi connectivity index (χ3n) is 2.53. The van der Waals surface area contributed by atoms with Crippen molar-refractivity contribution in [3.63, 3.8) is 0 Å². The van der Waals surface area contributed by atoms with Crippen molar-refractivity contribution in [2.75, 3.05) is 0 Å². The smallest absolute Gasteiger partial charge is 0.277 e. The number of carbonyl (C=O) groups is 3. The Morgan fingerprint density at radius 3 is 2.07 bits per heavy atom. The zero-order valence-electron chi connectivity index (χ0n) is 8.85. The molecule has 1 aliphatic rings. The molecule has 0 radical (unpaired) electrons. The molecule has 0 aromatic carbocycles. The molecular weight excluding hydrogens is 196 g/mol. The summed E-state index contributed by atoms with van der Waals surface area (Å²) >= 11 is 0. The van der Waals surface area contributed by atoms with Crippen molar-refractivity contribution in [1.82, 2.24) is 10.6 Å². The number of allylic oxidation sites excluding steroid dienone is 1. The number of carbonyl (C=O) groups excluding carboxylic acids is 3. The minimum Gasteiger partial charge on any atom is -0.277 e. The molecular formula is C10H14N2O3. The van der Waals surface area contributed by atoms with Crippen LogP contribution in [0.4, 0.5) is 4.79 Å². The van der Waals surface area contributed by atoms with Gasteiger partial charge in [-0.25, -0.2) is 4.79 Å². The van der Waals surface area contributed by atoms with E-state index in [0.29, 0.717) is 6.42 Å². The van der Waals surface area contributed by atoms with Crippen LogP contribution < -0.4 is 10.6 Å². The number of hydrogen-bond donors (Lipinski definition) is 2. The summed E-state index contributed by atoms with van der Waals surface area (Å²) in [5.41, 5.74) is -0.448. The molecule has 0 aromatic rings. The van der Waals surface area contributed by atoms with E-state index in [1.165, 1.54) is 0 Å². The van der Waals surface area contributed by atoms with Gasteiger partial charge in [0.2, 0.25) is 11.8 Å². The Hall–Kier alpha value is -1.65. The minimum atomic E-state index is -1.18. The lowest BCUT2D eigenvalue weighted by molar-refractivity contribution is -0.144. The number of urea groups is 1. The van der Waals surface area contributed by atoms with Crippen LogP contribution in [0.3, 0.4) is 0 Å². The van der Waals surface area contributed by atoms with Crippen molar-refractivity contribution < 1.29 is 14.4 Å². The van der Waals surface area contributed by atoms with Crippen molar-refractivity contribution in [2.24, 2.45) is 5.41 Å². The third kappa shape index (κ3) is 1.91. The molecule has 0 atom stereocenters. The zero-order chi connectivity index (χ0) is 11.6. The molecule has 0 spiro atoms. The third-order valence-corrected chi connectivity index (χ3v) is 2.53. The maximum Gasteiger partial charge on any atom is 0.328 e. The highest BCUT2D eigenvalue weighted by atomic mass is 16.2. The monoisotopic (exact) mass is 210 g/mol. The van der Waals surface area contributed by atoms with Gasteiger partial charge in [0.15, 0.2) is 0 Å². The van der Waals surface area contributed by atoms with E-state index >= 15 is 0 Å². The van der Waals surface area contributed by atoms with E-state index in [2.05, 4.69) is 17.2 Å². The van der Waals surface area contributed by atoms with E-state index in [1.807, 2.05) is 0 Å². The van der Waals surface area contributed by atoms with Crippen molar-refractivity contribution in [3.05, 3.63) is 12.2 Å². The van der Waals surface area contributed by atoms with E-state index in [-0.39, 0.29) is 6.42 Å². The Balaban J connectivity index is 3.05. The molecule has 0 unspecified atom stereocenters. The Morgan fingerprint density at radius 2 is 1.73 bits per heavy atom. The lowest BCUT2D eigenvalue weighted by Gasteiger charge is -2.33. The topological polar surface area (TPSA) is 75.3 Å². The van der Waals surface area contributed by atoms with Crippen LogP contribution in [0.5, 0.6) is 0 Å². The fraction of sp³-hybridized carbons (Fsp3) is 0.500. The second-order valence-electron chi connectivity index (χ2n) is 3.81. The fourth-order valence-corrected chi connectivity index (χ4v) is 1.70. The standard InChI is InChI=1S/C10H14N2O3/c1-4-10(5-6(2)3)7(13)11-9(15)12-8(10)14/h2,4-5H2,1,3H3,(H2,11,12,13,14,15). The molecule has 5 nitrogen and oxygen atoms in total. The normalized spacial score (nSPS) is 19.5. The molecule has 1 saturated heterocycles. The van der Waals surface area contributed by atoms with Crippen LogP contribution in [0.25, 0.3) is 0 Å². The highest BCUT2D eigenvalue weighted by Gasteiger charge is 2.48. The predicted molar refractivity (Wildman–Crippen MR) is 53.8 cm³/mol. The minimum absolute atomic E-state index is 0.258. The van der Waals surface area contributed by atoms with E-state index in [1.54, 1.807) is 13.8 Å². The molecule has 1 fully saturated rings. The Kier molecular flexibility index (Phi) is 2.93. The van der Waals surface area contributed by atoms with E-state index in [0.717, 1.165) is 5.57 Å². The van der Waals surface area contributed by atoms with Gasteiger partial charge in [-0.05, 0) is 19.8 Å². The van der Waals surface area contributed by atoms with Crippen molar-refractivity contribution in [3.8, 4) is 0 Å². The second-order valence-corrected chi connectivity index (χ2v) is 3.81. The number of imide groups is 2. The van der Waals surface area contributed by atoms with E-state index in [9.17, 15) is 14.4 Å². The van der Waals surface area contributed by atoms with Crippen LogP contribution in [0, 0.1) is 5.41 Å². The summed E-state index contributed by atoms with van der Waals surface area (Å²) < 4.78 is 0. The summed E-state index contributed by atoms with van der Waals surface area (Å²) in [6.45, 7) is 7.16. The van der Waals surface area contributed by atoms with Crippen molar-refractivity contribution in [2.45, 2.75) is 26.7 Å². The SMILES string of the molecule is C=C(C)CC1(CC)C(=O)NC(=O)NC1=O. The molecule has 15 heavy (non-hydrogen) atoms. The predicted octanol–water partition coefficient (Wildman–Crippen LogP) is 0.715. The van der Waals surface area contributed by atoms with Gasteiger partial charge in [-0.1, -0.05) is 12.5 Å². The number of rotatable bonds is 3. The van der Waals surface area contributed by atoms with E-state index in [4.69, 9.17) is 0 Å². The number of hydrogen-bond acceptors (Lipinski definition) is 3. The quantitative estimate of drug-likeness (QED) is 0.532. The highest BCUT2D eigenvalue weighted by Crippen LogP contribution is 2.31. The largest absolute Gasteiger partial charge is 0.328 e. The van der Waals surface area contributed by atoms with Crippen LogP contribution in [0.2, 0.25) is 0 Å². The molecule has 0 aromatic heterocycles. The van der Waals surface area contributed by atoms with Gasteiger partial charge in [0, 0.05) is 0 Å². The Morgan fingerprint density at radius 1 is 1.27 bits per heavy atom. The average Bonchev–Trinajstić information content (AvgIpc) is 2.11. The lowest BCUT2D eigenvalue weighted by atomic mass is 9.77. The van der Waals surface area contributed by atoms with Gasteiger partial charge in [0.05, 0.1) is 0 Å². The summed E-state index contributed by atoms with van der Waals surface area (Å²) in [5.74, 6) is -1.08. The van der Waals surface area contributed by atoms with Gasteiger partial charge in [-0.3, -0.25) is 20.2 Å². The molecule has 1 rings (SSSR count). The number of amides is 4. The molecule has 0 bridgehead atoms. The van der Waals surface area contributed by atoms with Gasteiger partial charge in [0.1, 0.15) is 5.41 Å². The van der Waals surface area contributed by atoms with Crippen LogP contribution >= 0.6 is 0 Å². The average molecular weight is 210 g/mol. The molecule has 82 valence electrons. The van der Waals surface area contributed by atoms with Gasteiger partial charge in [-0.2, -0.15) is 0 Å². The maximum absolute atomic E-state index is 11.7. The maximum atomic E-state index is 11.7. The van der Waals surface area contributed by atoms with Crippen molar-refractivity contribution in [1.29, 1.82) is 0 Å². The zero-order valence-corrected chi connectivity index (χ0v) is 8.85. The summed E-state index contributed by atoms with van der Waals surface area (Å²) in [5, 5.41) is 4.21. The van der Waals surface area contributed by atoms with Crippen LogP contribution in [-0.4, -0.2) is 17.8 Å². The summed E-state index contributed by atoms with van der Waals surface area (Å²) in [6, 6.07) is -0.754. The second kappa shape index (κ2) is 3.84. The fourth-order valence-electron chi connectivity index (χ4n) is 1.70. The molecule has 5 heteroatoms. The van der Waals surface area contributed by atoms with Gasteiger partial charge < -0.3 is 0 Å². The van der Waals surface area contributed by atoms with Gasteiger partial charge in [-0.15, -0.1) is 6.58 Å². The number of nitrogens with one attached hydrogen (secondary N) is 2. The molecule has 0 saturated carbocycles. The first-order chi connectivity index (χ1) is 6.92. The first-order valence-corrected chi connectivity index (χ1v) is 4.73. The Labute approximate surface area is 87.9 Å². The molecule has 0 aliphatic carbocycles. The first kappa shape index (κ1) is 11.4.